The third-order valence-corrected chi connectivity index (χ3v) is 21.6. The Balaban J connectivity index is 0. The molecule has 0 bridgehead atoms. The number of phosphoric ester groups is 1. The molecule has 0 saturated heterocycles. The second-order valence-corrected chi connectivity index (χ2v) is 32.2. The fourth-order valence-corrected chi connectivity index (χ4v) is 14.8. The first-order chi connectivity index (χ1) is 49.9. The minimum absolute atomic E-state index is 0.0163. The average Bonchev–Trinajstić information content (AvgIpc) is 0.899. The van der Waals surface area contributed by atoms with Crippen LogP contribution in [0.1, 0.15) is 479 Å². The molecular formula is C88H173N2O11P. The number of carbonyl (C=O) groups is 4. The number of hydrogen-bond donors (Lipinski definition) is 3. The molecule has 13 nitrogen and oxygen atoms in total. The van der Waals surface area contributed by atoms with Crippen molar-refractivity contribution in [2.75, 3.05) is 26.4 Å². The maximum atomic E-state index is 13.3. The van der Waals surface area contributed by atoms with E-state index in [1.54, 1.807) is 0 Å². The van der Waals surface area contributed by atoms with Gasteiger partial charge in [0, 0.05) is 25.7 Å². The Morgan fingerprint density at radius 3 is 0.882 bits per heavy atom. The van der Waals surface area contributed by atoms with E-state index >= 15 is 0 Å². The van der Waals surface area contributed by atoms with Crippen molar-refractivity contribution in [3.8, 4) is 0 Å². The Kier molecular flexibility index (Phi) is 82.5. The minimum Gasteiger partial charge on any atom is -0.462 e. The number of esters is 2. The molecule has 3 unspecified atom stereocenters. The quantitative estimate of drug-likeness (QED) is 0.0229. The molecule has 3 N–H and O–H groups in total. The van der Waals surface area contributed by atoms with Crippen LogP contribution >= 0.6 is 7.82 Å². The summed E-state index contributed by atoms with van der Waals surface area (Å²) in [6, 6.07) is -0.574. The Bertz CT molecular complexity index is 1820. The molecule has 0 fully saturated rings. The Morgan fingerprint density at radius 1 is 0.324 bits per heavy atom. The van der Waals surface area contributed by atoms with Gasteiger partial charge in [-0.25, -0.2) is 4.57 Å². The molecule has 0 aromatic rings. The smallest absolute Gasteiger partial charge is 0.462 e. The van der Waals surface area contributed by atoms with Crippen molar-refractivity contribution in [1.29, 1.82) is 0 Å². The second-order valence-electron chi connectivity index (χ2n) is 30.5. The molecule has 2 amide bonds. The van der Waals surface area contributed by atoms with Crippen molar-refractivity contribution < 1.29 is 51.9 Å². The minimum atomic E-state index is -3.81. The van der Waals surface area contributed by atoms with Crippen LogP contribution in [0.2, 0.25) is 0 Å². The van der Waals surface area contributed by atoms with E-state index < -0.39 is 7.82 Å². The molecule has 0 aromatic heterocycles. The lowest BCUT2D eigenvalue weighted by Crippen LogP contribution is -2.38. The van der Waals surface area contributed by atoms with Gasteiger partial charge in [-0.05, 0) is 96.3 Å². The number of rotatable bonds is 82. The van der Waals surface area contributed by atoms with Gasteiger partial charge in [0.05, 0.1) is 38.5 Å². The number of nitrogens with one attached hydrogen (secondary N) is 2. The molecule has 102 heavy (non-hydrogen) atoms. The van der Waals surface area contributed by atoms with Gasteiger partial charge in [-0.3, -0.25) is 32.7 Å². The maximum Gasteiger partial charge on any atom is 0.475 e. The largest absolute Gasteiger partial charge is 0.475 e. The summed E-state index contributed by atoms with van der Waals surface area (Å²) in [7, 11) is -3.81. The second kappa shape index (κ2) is 82.7. The Labute approximate surface area is 632 Å². The lowest BCUT2D eigenvalue weighted by molar-refractivity contribution is -0.151. The van der Waals surface area contributed by atoms with Gasteiger partial charge in [0.15, 0.2) is 0 Å². The fourth-order valence-electron chi connectivity index (χ4n) is 13.6. The standard InChI is InChI=1S/C47H92NO7P.C41H81NO4/c1-6-11-14-17-20-22-24-25-27-30-33-39-46(49)48-44(43-54-56(51,52-41-9-4)53-42-10-5)36-35-38-45(37-32-29-19-16-13-8-3)55-47(50)40-34-31-28-26-23-21-18-15-12-7-2;1-4-7-10-13-16-18-20-21-23-26-29-35-40(44)42-38(37-43)32-31-34-39(33-28-25-15-12-9-6-3)46-41(45)36-30-27-24-22-19-17-14-11-8-5-2/h9,44-45H,4,6-8,10-43H2,1-3,5H3,(H,48,49);38-39,43H,4-37H2,1-3H3,(H,42,44)/t44-,45?,56?;38-,39?/m11/s1. The zero-order chi connectivity index (χ0) is 75.0. The van der Waals surface area contributed by atoms with Gasteiger partial charge in [0.2, 0.25) is 11.8 Å². The summed E-state index contributed by atoms with van der Waals surface area (Å²) in [6.07, 6.45) is 77.3. The van der Waals surface area contributed by atoms with Crippen molar-refractivity contribution in [3.63, 3.8) is 0 Å². The normalized spacial score (nSPS) is 13.2. The van der Waals surface area contributed by atoms with Crippen molar-refractivity contribution in [1.82, 2.24) is 10.6 Å². The van der Waals surface area contributed by atoms with Crippen LogP contribution in [0, 0.1) is 0 Å². The van der Waals surface area contributed by atoms with E-state index in [1.165, 1.54) is 276 Å². The summed E-state index contributed by atoms with van der Waals surface area (Å²) >= 11 is 0. The number of carbonyl (C=O) groups excluding carboxylic acids is 4. The zero-order valence-corrected chi connectivity index (χ0v) is 69.7. The van der Waals surface area contributed by atoms with Crippen molar-refractivity contribution in [3.05, 3.63) is 12.7 Å². The number of phosphoric acid groups is 1. The van der Waals surface area contributed by atoms with Gasteiger partial charge in [0.25, 0.3) is 0 Å². The lowest BCUT2D eigenvalue weighted by Gasteiger charge is -2.24. The highest BCUT2D eigenvalue weighted by molar-refractivity contribution is 7.48. The van der Waals surface area contributed by atoms with Crippen LogP contribution in [0.5, 0.6) is 0 Å². The van der Waals surface area contributed by atoms with Gasteiger partial charge < -0.3 is 25.2 Å². The van der Waals surface area contributed by atoms with E-state index in [-0.39, 0.29) is 74.5 Å². The summed E-state index contributed by atoms with van der Waals surface area (Å²) < 4.78 is 42.2. The molecule has 5 atom stereocenters. The topological polar surface area (TPSA) is 176 Å². The van der Waals surface area contributed by atoms with E-state index in [0.29, 0.717) is 38.5 Å². The molecule has 0 rings (SSSR count). The number of aliphatic hydroxyl groups is 1. The van der Waals surface area contributed by atoms with Crippen LogP contribution in [-0.2, 0) is 46.8 Å². The van der Waals surface area contributed by atoms with Crippen LogP contribution in [0.15, 0.2) is 12.7 Å². The third kappa shape index (κ3) is 75.9. The molecule has 14 heteroatoms. The van der Waals surface area contributed by atoms with Crippen LogP contribution in [0.4, 0.5) is 0 Å². The van der Waals surface area contributed by atoms with Gasteiger partial charge in [0.1, 0.15) is 12.2 Å². The Morgan fingerprint density at radius 2 is 0.588 bits per heavy atom. The number of aliphatic hydroxyl groups excluding tert-OH is 1. The van der Waals surface area contributed by atoms with Crippen molar-refractivity contribution in [2.45, 2.75) is 503 Å². The molecule has 0 aliphatic rings. The summed E-state index contributed by atoms with van der Waals surface area (Å²) in [6.45, 7) is 19.4. The van der Waals surface area contributed by atoms with Crippen LogP contribution < -0.4 is 10.6 Å². The highest BCUT2D eigenvalue weighted by Gasteiger charge is 2.29. The predicted octanol–water partition coefficient (Wildman–Crippen LogP) is 27.4. The molecule has 0 heterocycles. The van der Waals surface area contributed by atoms with E-state index in [4.69, 9.17) is 23.0 Å². The Hall–Kier alpha value is -2.31. The summed E-state index contributed by atoms with van der Waals surface area (Å²) in [5.41, 5.74) is 0. The molecule has 606 valence electrons. The molecular weight excluding hydrogens is 1290 g/mol. The fraction of sp³-hybridized carbons (Fsp3) is 0.932. The van der Waals surface area contributed by atoms with Crippen LogP contribution in [0.25, 0.3) is 0 Å². The zero-order valence-electron chi connectivity index (χ0n) is 68.8. The first kappa shape index (κ1) is 102. The van der Waals surface area contributed by atoms with E-state index in [1.807, 2.05) is 6.92 Å². The molecule has 0 saturated carbocycles. The number of hydrogen-bond acceptors (Lipinski definition) is 11. The molecule has 0 radical (unpaired) electrons. The first-order valence-corrected chi connectivity index (χ1v) is 46.1. The van der Waals surface area contributed by atoms with E-state index in [2.05, 4.69) is 58.8 Å². The summed E-state index contributed by atoms with van der Waals surface area (Å²) in [5.74, 6) is -0.0949. The monoisotopic (exact) mass is 1470 g/mol. The lowest BCUT2D eigenvalue weighted by atomic mass is 10.0. The molecule has 0 aromatic carbocycles. The molecule has 0 spiro atoms. The predicted molar refractivity (Wildman–Crippen MR) is 435 cm³/mol. The van der Waals surface area contributed by atoms with Crippen molar-refractivity contribution >= 4 is 31.6 Å². The van der Waals surface area contributed by atoms with Gasteiger partial charge in [-0.2, -0.15) is 0 Å². The van der Waals surface area contributed by atoms with Crippen molar-refractivity contribution in [2.24, 2.45) is 0 Å². The number of ether oxygens (including phenoxy) is 2. The summed E-state index contributed by atoms with van der Waals surface area (Å²) in [4.78, 5) is 51.3. The highest BCUT2D eigenvalue weighted by atomic mass is 31.2. The van der Waals surface area contributed by atoms with Gasteiger partial charge >= 0.3 is 19.8 Å². The van der Waals surface area contributed by atoms with Crippen LogP contribution in [0.3, 0.4) is 0 Å². The molecule has 0 aliphatic carbocycles. The van der Waals surface area contributed by atoms with Gasteiger partial charge in [-0.15, -0.1) is 6.58 Å². The average molecular weight is 1470 g/mol. The highest BCUT2D eigenvalue weighted by Crippen LogP contribution is 2.49. The van der Waals surface area contributed by atoms with Gasteiger partial charge in [-0.1, -0.05) is 363 Å². The number of unbranched alkanes of at least 4 members (excludes halogenated alkanes) is 48. The third-order valence-electron chi connectivity index (χ3n) is 20.2. The first-order valence-electron chi connectivity index (χ1n) is 44.6. The number of amides is 2. The van der Waals surface area contributed by atoms with Crippen LogP contribution in [-0.4, -0.2) is 79.6 Å². The van der Waals surface area contributed by atoms with E-state index in [0.717, 1.165) is 122 Å². The maximum absolute atomic E-state index is 13.3. The summed E-state index contributed by atoms with van der Waals surface area (Å²) in [5, 5.41) is 16.1. The van der Waals surface area contributed by atoms with E-state index in [9.17, 15) is 28.8 Å². The molecule has 0 aliphatic heterocycles. The SMILES string of the molecule is C=CCOP(=O)(OCCC)OC[C@@H](CCCC(CCCCCCCC)OC(=O)CCCCCCCCCCCC)NC(=O)CCCCCCCCCCCCC.CCCCCCCCCCCCCC(=O)N[C@@H](CO)CCCC(CCCCCCCC)OC(=O)CCCCCCCCCCCC.